The highest BCUT2D eigenvalue weighted by Crippen LogP contribution is 2.45. The van der Waals surface area contributed by atoms with E-state index < -0.39 is 22.8 Å². The summed E-state index contributed by atoms with van der Waals surface area (Å²) < 4.78 is 9.31. The standard InChI is InChI=1S/2C10H16O4/c1-9(7(11)12)3-5-10(2,6-4-9)8(13)14;1-13-9(11)7-3-5-8(6-4-7)10(12)14-2/h3-6H2,1-2H3,(H,11,12)(H,13,14);7-8H,3-6H2,1-2H3. The molecule has 2 fully saturated rings. The molecule has 0 heterocycles. The van der Waals surface area contributed by atoms with Crippen LogP contribution in [0.25, 0.3) is 0 Å². The van der Waals surface area contributed by atoms with E-state index in [1.165, 1.54) is 14.2 Å². The maximum atomic E-state index is 11.2. The van der Waals surface area contributed by atoms with Gasteiger partial charge in [0, 0.05) is 0 Å². The van der Waals surface area contributed by atoms with Crippen molar-refractivity contribution in [3.8, 4) is 0 Å². The molecule has 160 valence electrons. The van der Waals surface area contributed by atoms with Crippen LogP contribution in [-0.2, 0) is 28.7 Å². The summed E-state index contributed by atoms with van der Waals surface area (Å²) in [5.74, 6) is -2.00. The normalized spacial score (nSPS) is 32.3. The number of carbonyl (C=O) groups is 4. The van der Waals surface area contributed by atoms with E-state index in [0.29, 0.717) is 25.7 Å². The zero-order valence-corrected chi connectivity index (χ0v) is 17.2. The molecule has 0 unspecified atom stereocenters. The van der Waals surface area contributed by atoms with E-state index in [4.69, 9.17) is 10.2 Å². The average molecular weight is 400 g/mol. The second-order valence-corrected chi connectivity index (χ2v) is 8.33. The van der Waals surface area contributed by atoms with Crippen LogP contribution < -0.4 is 0 Å². The Bertz CT molecular complexity index is 529. The number of carboxylic acid groups (broad SMARTS) is 2. The van der Waals surface area contributed by atoms with Crippen molar-refractivity contribution in [2.45, 2.75) is 65.2 Å². The molecular weight excluding hydrogens is 368 g/mol. The molecule has 2 aliphatic rings. The van der Waals surface area contributed by atoms with Gasteiger partial charge in [-0.05, 0) is 65.2 Å². The molecule has 8 nitrogen and oxygen atoms in total. The van der Waals surface area contributed by atoms with E-state index in [2.05, 4.69) is 9.47 Å². The summed E-state index contributed by atoms with van der Waals surface area (Å²) in [5, 5.41) is 17.9. The van der Waals surface area contributed by atoms with Gasteiger partial charge >= 0.3 is 23.9 Å². The van der Waals surface area contributed by atoms with Crippen LogP contribution >= 0.6 is 0 Å². The lowest BCUT2D eigenvalue weighted by Crippen LogP contribution is -2.39. The quantitative estimate of drug-likeness (QED) is 0.690. The minimum Gasteiger partial charge on any atom is -0.481 e. The van der Waals surface area contributed by atoms with Gasteiger partial charge in [-0.3, -0.25) is 19.2 Å². The van der Waals surface area contributed by atoms with Crippen molar-refractivity contribution in [1.82, 2.24) is 0 Å². The van der Waals surface area contributed by atoms with Gasteiger partial charge in [-0.25, -0.2) is 0 Å². The van der Waals surface area contributed by atoms with Gasteiger partial charge in [-0.1, -0.05) is 0 Å². The van der Waals surface area contributed by atoms with Gasteiger partial charge in [0.2, 0.25) is 0 Å². The molecule has 2 N–H and O–H groups in total. The Morgan fingerprint density at radius 3 is 1.11 bits per heavy atom. The first-order chi connectivity index (χ1) is 13.0. The van der Waals surface area contributed by atoms with Crippen molar-refractivity contribution in [3.05, 3.63) is 0 Å². The van der Waals surface area contributed by atoms with Crippen molar-refractivity contribution in [2.75, 3.05) is 14.2 Å². The highest BCUT2D eigenvalue weighted by molar-refractivity contribution is 5.77. The summed E-state index contributed by atoms with van der Waals surface area (Å²) in [4.78, 5) is 44.2. The molecule has 0 atom stereocenters. The van der Waals surface area contributed by atoms with Crippen LogP contribution in [0, 0.1) is 22.7 Å². The SMILES string of the molecule is CC1(C(=O)O)CCC(C)(C(=O)O)CC1.COC(=O)C1CCC(C(=O)OC)CC1. The van der Waals surface area contributed by atoms with Gasteiger partial charge in [0.25, 0.3) is 0 Å². The molecule has 2 rings (SSSR count). The molecule has 8 heteroatoms. The van der Waals surface area contributed by atoms with E-state index in [-0.39, 0.29) is 23.8 Å². The third-order valence-electron chi connectivity index (χ3n) is 6.29. The van der Waals surface area contributed by atoms with Crippen molar-refractivity contribution in [1.29, 1.82) is 0 Å². The molecule has 28 heavy (non-hydrogen) atoms. The summed E-state index contributed by atoms with van der Waals surface area (Å²) in [6.45, 7) is 3.38. The van der Waals surface area contributed by atoms with E-state index in [1.54, 1.807) is 13.8 Å². The largest absolute Gasteiger partial charge is 0.481 e. The molecule has 0 spiro atoms. The molecule has 0 aromatic rings. The number of ether oxygens (including phenoxy) is 2. The lowest BCUT2D eigenvalue weighted by Gasteiger charge is -2.38. The third kappa shape index (κ3) is 5.94. The molecule has 0 aromatic carbocycles. The Hall–Kier alpha value is -2.12. The summed E-state index contributed by atoms with van der Waals surface area (Å²) in [6, 6.07) is 0. The lowest BCUT2D eigenvalue weighted by atomic mass is 9.65. The second kappa shape index (κ2) is 9.89. The summed E-state index contributed by atoms with van der Waals surface area (Å²) in [7, 11) is 2.80. The van der Waals surface area contributed by atoms with E-state index in [0.717, 1.165) is 25.7 Å². The van der Waals surface area contributed by atoms with Crippen LogP contribution in [0.15, 0.2) is 0 Å². The summed E-state index contributed by atoms with van der Waals surface area (Å²) in [5.41, 5.74) is -1.45. The smallest absolute Gasteiger partial charge is 0.309 e. The Morgan fingerprint density at radius 2 is 0.929 bits per heavy atom. The van der Waals surface area contributed by atoms with Crippen LogP contribution in [0.3, 0.4) is 0 Å². The Balaban J connectivity index is 0.000000280. The molecule has 0 aromatic heterocycles. The van der Waals surface area contributed by atoms with E-state index >= 15 is 0 Å². The highest BCUT2D eigenvalue weighted by atomic mass is 16.5. The first kappa shape index (κ1) is 23.9. The third-order valence-corrected chi connectivity index (χ3v) is 6.29. The molecule has 0 bridgehead atoms. The van der Waals surface area contributed by atoms with Crippen LogP contribution in [0.1, 0.15) is 65.2 Å². The van der Waals surface area contributed by atoms with E-state index in [1.807, 2.05) is 0 Å². The Morgan fingerprint density at radius 1 is 0.679 bits per heavy atom. The number of esters is 2. The van der Waals surface area contributed by atoms with Gasteiger partial charge in [0.15, 0.2) is 0 Å². The van der Waals surface area contributed by atoms with Gasteiger partial charge in [-0.2, -0.15) is 0 Å². The number of hydrogen-bond acceptors (Lipinski definition) is 6. The molecule has 2 saturated carbocycles. The molecule has 0 saturated heterocycles. The fourth-order valence-electron chi connectivity index (χ4n) is 3.68. The number of carbonyl (C=O) groups excluding carboxylic acids is 2. The Kier molecular flexibility index (Phi) is 8.45. The molecule has 0 radical (unpaired) electrons. The van der Waals surface area contributed by atoms with Crippen molar-refractivity contribution < 1.29 is 38.9 Å². The van der Waals surface area contributed by atoms with Crippen LogP contribution in [-0.4, -0.2) is 48.3 Å². The predicted octanol–water partition coefficient (Wildman–Crippen LogP) is 2.88. The second-order valence-electron chi connectivity index (χ2n) is 8.33. The van der Waals surface area contributed by atoms with Crippen molar-refractivity contribution in [2.24, 2.45) is 22.7 Å². The minimum atomic E-state index is -0.815. The zero-order valence-electron chi connectivity index (χ0n) is 17.2. The van der Waals surface area contributed by atoms with Gasteiger partial charge in [0.05, 0.1) is 36.9 Å². The molecule has 2 aliphatic carbocycles. The number of aliphatic carboxylic acids is 2. The number of carboxylic acids is 2. The number of methoxy groups -OCH3 is 2. The first-order valence-electron chi connectivity index (χ1n) is 9.61. The highest BCUT2D eigenvalue weighted by Gasteiger charge is 2.45. The number of hydrogen-bond donors (Lipinski definition) is 2. The molecule has 0 aliphatic heterocycles. The van der Waals surface area contributed by atoms with Crippen molar-refractivity contribution >= 4 is 23.9 Å². The Labute approximate surface area is 165 Å². The fourth-order valence-corrected chi connectivity index (χ4v) is 3.68. The minimum absolute atomic E-state index is 0.0269. The number of rotatable bonds is 4. The van der Waals surface area contributed by atoms with Crippen molar-refractivity contribution in [3.63, 3.8) is 0 Å². The maximum absolute atomic E-state index is 11.2. The van der Waals surface area contributed by atoms with Gasteiger partial charge in [-0.15, -0.1) is 0 Å². The molecular formula is C20H32O8. The summed E-state index contributed by atoms with van der Waals surface area (Å²) in [6.07, 6.45) is 4.71. The lowest BCUT2D eigenvalue weighted by molar-refractivity contribution is -0.159. The van der Waals surface area contributed by atoms with Crippen LogP contribution in [0.5, 0.6) is 0 Å². The monoisotopic (exact) mass is 400 g/mol. The topological polar surface area (TPSA) is 127 Å². The average Bonchev–Trinajstić information content (AvgIpc) is 2.69. The van der Waals surface area contributed by atoms with Crippen LogP contribution in [0.2, 0.25) is 0 Å². The molecule has 0 amide bonds. The fraction of sp³-hybridized carbons (Fsp3) is 0.800. The predicted molar refractivity (Wildman–Crippen MR) is 99.4 cm³/mol. The van der Waals surface area contributed by atoms with Gasteiger partial charge < -0.3 is 19.7 Å². The maximum Gasteiger partial charge on any atom is 0.309 e. The zero-order chi connectivity index (χ0) is 21.5. The summed E-state index contributed by atoms with van der Waals surface area (Å²) >= 11 is 0. The van der Waals surface area contributed by atoms with E-state index in [9.17, 15) is 19.2 Å². The van der Waals surface area contributed by atoms with Gasteiger partial charge in [0.1, 0.15) is 0 Å². The first-order valence-corrected chi connectivity index (χ1v) is 9.61. The van der Waals surface area contributed by atoms with Crippen LogP contribution in [0.4, 0.5) is 0 Å².